The largest absolute Gasteiger partial charge is 0.431 e. The van der Waals surface area contributed by atoms with Crippen molar-refractivity contribution < 1.29 is 18.0 Å². The number of H-pyrrole nitrogens is 1. The predicted octanol–water partition coefficient (Wildman–Crippen LogP) is 0.753. The monoisotopic (exact) mass is 220 g/mol. The van der Waals surface area contributed by atoms with E-state index >= 15 is 0 Å². The number of hydrogen-bond donors (Lipinski definition) is 2. The Morgan fingerprint density at radius 2 is 2.00 bits per heavy atom. The first-order chi connectivity index (χ1) is 6.86. The highest BCUT2D eigenvalue weighted by Crippen LogP contribution is 2.26. The molecule has 1 aromatic heterocycles. The quantitative estimate of drug-likeness (QED) is 0.733. The summed E-state index contributed by atoms with van der Waals surface area (Å²) in [6.45, 7) is 0. The zero-order chi connectivity index (χ0) is 11.6. The molecule has 0 unspecified atom stereocenters. The van der Waals surface area contributed by atoms with E-state index in [4.69, 9.17) is 0 Å². The number of alkyl halides is 3. The van der Waals surface area contributed by atoms with Crippen molar-refractivity contribution in [2.75, 3.05) is 7.05 Å². The summed E-state index contributed by atoms with van der Waals surface area (Å²) in [6, 6.07) is 1.48. The van der Waals surface area contributed by atoms with Gasteiger partial charge in [0.05, 0.1) is 0 Å². The van der Waals surface area contributed by atoms with E-state index in [-0.39, 0.29) is 5.56 Å². The first-order valence-electron chi connectivity index (χ1n) is 3.89. The summed E-state index contributed by atoms with van der Waals surface area (Å²) in [6.07, 6.45) is -4.62. The molecule has 0 fully saturated rings. The van der Waals surface area contributed by atoms with Crippen LogP contribution in [0.1, 0.15) is 16.1 Å². The Morgan fingerprint density at radius 1 is 1.40 bits per heavy atom. The van der Waals surface area contributed by atoms with Crippen LogP contribution in [-0.2, 0) is 6.18 Å². The maximum Gasteiger partial charge on any atom is 0.431 e. The number of hydrogen-bond acceptors (Lipinski definition) is 2. The molecule has 0 radical (unpaired) electrons. The van der Waals surface area contributed by atoms with Crippen molar-refractivity contribution in [3.05, 3.63) is 33.7 Å². The fourth-order valence-corrected chi connectivity index (χ4v) is 0.952. The van der Waals surface area contributed by atoms with Gasteiger partial charge < -0.3 is 10.3 Å². The van der Waals surface area contributed by atoms with E-state index in [1.807, 2.05) is 0 Å². The van der Waals surface area contributed by atoms with E-state index in [0.717, 1.165) is 6.07 Å². The minimum absolute atomic E-state index is 0.356. The molecule has 0 aliphatic carbocycles. The molecule has 7 heteroatoms. The highest BCUT2D eigenvalue weighted by molar-refractivity contribution is 5.93. The summed E-state index contributed by atoms with van der Waals surface area (Å²) in [5, 5.41) is 2.14. The van der Waals surface area contributed by atoms with Crippen LogP contribution in [0.15, 0.2) is 16.9 Å². The average molecular weight is 220 g/mol. The van der Waals surface area contributed by atoms with Gasteiger partial charge in [0.25, 0.3) is 11.5 Å². The molecule has 0 aliphatic rings. The third-order valence-corrected chi connectivity index (χ3v) is 1.69. The smallest absolute Gasteiger partial charge is 0.355 e. The zero-order valence-electron chi connectivity index (χ0n) is 7.61. The summed E-state index contributed by atoms with van der Waals surface area (Å²) in [7, 11) is 1.28. The minimum Gasteiger partial charge on any atom is -0.355 e. The molecule has 0 atom stereocenters. The van der Waals surface area contributed by atoms with E-state index in [2.05, 4.69) is 5.32 Å². The van der Waals surface area contributed by atoms with Gasteiger partial charge in [-0.1, -0.05) is 0 Å². The number of aromatic nitrogens is 1. The number of nitrogens with one attached hydrogen (secondary N) is 2. The highest BCUT2D eigenvalue weighted by Gasteiger charge is 2.32. The Hall–Kier alpha value is -1.79. The number of rotatable bonds is 1. The summed E-state index contributed by atoms with van der Waals surface area (Å²) in [5.74, 6) is -0.732. The Balaban J connectivity index is 3.21. The number of pyridine rings is 1. The lowest BCUT2D eigenvalue weighted by molar-refractivity contribution is -0.141. The van der Waals surface area contributed by atoms with Gasteiger partial charge in [0.15, 0.2) is 0 Å². The topological polar surface area (TPSA) is 62.0 Å². The van der Waals surface area contributed by atoms with Crippen LogP contribution >= 0.6 is 0 Å². The molecule has 1 aromatic rings. The van der Waals surface area contributed by atoms with Gasteiger partial charge in [0.2, 0.25) is 0 Å². The van der Waals surface area contributed by atoms with Crippen molar-refractivity contribution in [1.82, 2.24) is 10.3 Å². The molecular weight excluding hydrogens is 213 g/mol. The summed E-state index contributed by atoms with van der Waals surface area (Å²) < 4.78 is 36.3. The Morgan fingerprint density at radius 3 is 2.40 bits per heavy atom. The highest BCUT2D eigenvalue weighted by atomic mass is 19.4. The number of aromatic amines is 1. The van der Waals surface area contributed by atoms with Gasteiger partial charge in [-0.25, -0.2) is 0 Å². The zero-order valence-corrected chi connectivity index (χ0v) is 7.61. The van der Waals surface area contributed by atoms with Crippen LogP contribution in [0.4, 0.5) is 13.2 Å². The van der Waals surface area contributed by atoms with Crippen LogP contribution in [-0.4, -0.2) is 17.9 Å². The third-order valence-electron chi connectivity index (χ3n) is 1.69. The molecular formula is C8H7F3N2O2. The van der Waals surface area contributed by atoms with E-state index < -0.39 is 23.3 Å². The minimum atomic E-state index is -4.62. The maximum absolute atomic E-state index is 12.1. The molecule has 4 nitrogen and oxygen atoms in total. The number of carbonyl (C=O) groups excluding carboxylic acids is 1. The van der Waals surface area contributed by atoms with E-state index in [0.29, 0.717) is 6.07 Å². The molecule has 0 bridgehead atoms. The molecule has 0 saturated carbocycles. The summed E-state index contributed by atoms with van der Waals surface area (Å²) >= 11 is 0. The lowest BCUT2D eigenvalue weighted by Crippen LogP contribution is -2.28. The lowest BCUT2D eigenvalue weighted by atomic mass is 10.2. The van der Waals surface area contributed by atoms with E-state index in [1.54, 1.807) is 4.98 Å². The maximum atomic E-state index is 12.1. The van der Waals surface area contributed by atoms with Gasteiger partial charge in [-0.3, -0.25) is 9.59 Å². The van der Waals surface area contributed by atoms with Crippen molar-refractivity contribution >= 4 is 5.91 Å². The van der Waals surface area contributed by atoms with Crippen molar-refractivity contribution in [2.45, 2.75) is 6.18 Å². The van der Waals surface area contributed by atoms with Gasteiger partial charge in [-0.2, -0.15) is 13.2 Å². The van der Waals surface area contributed by atoms with Crippen LogP contribution in [0, 0.1) is 0 Å². The Bertz CT molecular complexity index is 436. The SMILES string of the molecule is CNC(=O)c1ccc(C(F)(F)F)[nH]c1=O. The van der Waals surface area contributed by atoms with Gasteiger partial charge in [0, 0.05) is 7.05 Å². The van der Waals surface area contributed by atoms with Crippen molar-refractivity contribution in [1.29, 1.82) is 0 Å². The van der Waals surface area contributed by atoms with Crippen molar-refractivity contribution in [3.8, 4) is 0 Å². The van der Waals surface area contributed by atoms with Gasteiger partial charge in [-0.15, -0.1) is 0 Å². The molecule has 0 aromatic carbocycles. The van der Waals surface area contributed by atoms with E-state index in [9.17, 15) is 22.8 Å². The molecule has 82 valence electrons. The first-order valence-corrected chi connectivity index (χ1v) is 3.89. The second kappa shape index (κ2) is 3.76. The van der Waals surface area contributed by atoms with Crippen LogP contribution in [0.25, 0.3) is 0 Å². The number of halogens is 3. The van der Waals surface area contributed by atoms with Crippen LogP contribution < -0.4 is 10.9 Å². The number of carbonyl (C=O) groups is 1. The second-order valence-electron chi connectivity index (χ2n) is 2.69. The van der Waals surface area contributed by atoms with Gasteiger partial charge in [-0.05, 0) is 12.1 Å². The van der Waals surface area contributed by atoms with Gasteiger partial charge >= 0.3 is 6.18 Å². The van der Waals surface area contributed by atoms with Crippen LogP contribution in [0.5, 0.6) is 0 Å². The predicted molar refractivity (Wildman–Crippen MR) is 45.5 cm³/mol. The third kappa shape index (κ3) is 2.36. The number of amides is 1. The Labute approximate surface area is 82.1 Å². The lowest BCUT2D eigenvalue weighted by Gasteiger charge is -2.06. The van der Waals surface area contributed by atoms with Gasteiger partial charge in [0.1, 0.15) is 11.3 Å². The fourth-order valence-electron chi connectivity index (χ4n) is 0.952. The summed E-state index contributed by atoms with van der Waals surface area (Å²) in [5.41, 5.74) is -2.60. The van der Waals surface area contributed by atoms with Crippen LogP contribution in [0.3, 0.4) is 0 Å². The van der Waals surface area contributed by atoms with E-state index in [1.165, 1.54) is 7.05 Å². The molecule has 0 aliphatic heterocycles. The van der Waals surface area contributed by atoms with Crippen molar-refractivity contribution in [2.24, 2.45) is 0 Å². The summed E-state index contributed by atoms with van der Waals surface area (Å²) in [4.78, 5) is 23.6. The molecule has 15 heavy (non-hydrogen) atoms. The normalized spacial score (nSPS) is 11.2. The van der Waals surface area contributed by atoms with Crippen LogP contribution in [0.2, 0.25) is 0 Å². The standard InChI is InChI=1S/C8H7F3N2O2/c1-12-6(14)4-2-3-5(8(9,10)11)13-7(4)15/h2-3H,1H3,(H,12,14)(H,13,15). The molecule has 2 N–H and O–H groups in total. The first kappa shape index (κ1) is 11.3. The second-order valence-corrected chi connectivity index (χ2v) is 2.69. The molecule has 1 amide bonds. The molecule has 0 spiro atoms. The average Bonchev–Trinajstić information content (AvgIpc) is 2.15. The molecule has 1 heterocycles. The Kier molecular flexibility index (Phi) is 2.83. The fraction of sp³-hybridized carbons (Fsp3) is 0.250. The van der Waals surface area contributed by atoms with Crippen molar-refractivity contribution in [3.63, 3.8) is 0 Å². The molecule has 1 rings (SSSR count). The molecule has 0 saturated heterocycles.